The van der Waals surface area contributed by atoms with E-state index in [1.165, 1.54) is 116 Å². The summed E-state index contributed by atoms with van der Waals surface area (Å²) >= 11 is 0. The van der Waals surface area contributed by atoms with Gasteiger partial charge in [0.15, 0.2) is 6.29 Å². The smallest absolute Gasteiger partial charge is 0.220 e. The minimum atomic E-state index is -1.60. The van der Waals surface area contributed by atoms with Crippen molar-refractivity contribution in [3.63, 3.8) is 0 Å². The molecule has 3 aliphatic carbocycles. The standard InChI is InChI=1S/C44H83NO9/c1-4-5-6-7-8-9-10-11-12-16-19-22-25-36(47)39(49)35(31-53-43-42(52)41(51)40(50)37(30-46)54-43)45-38(48)26-23-20-17-14-13-15-18-21-24-32-27-28-33-29-34(32)44(33,2)3/h32-37,39-43,46-47,49-52H,4-31H2,1-3H3,(H,45,48)/t32?,33-,34-,35-,36+,37?,39-,40?,41?,42?,43?/m0/s1. The van der Waals surface area contributed by atoms with Crippen LogP contribution in [0, 0.1) is 23.2 Å². The van der Waals surface area contributed by atoms with Crippen LogP contribution in [0.1, 0.15) is 188 Å². The Bertz CT molecular complexity index is 980. The van der Waals surface area contributed by atoms with Crippen molar-refractivity contribution in [1.29, 1.82) is 0 Å². The number of aliphatic hydroxyl groups is 6. The molecule has 1 heterocycles. The van der Waals surface area contributed by atoms with Gasteiger partial charge in [-0.2, -0.15) is 0 Å². The third-order valence-electron chi connectivity index (χ3n) is 13.5. The summed E-state index contributed by atoms with van der Waals surface area (Å²) in [5, 5.41) is 65.2. The number of hydrogen-bond acceptors (Lipinski definition) is 9. The number of unbranched alkanes of at least 4 members (excludes halogenated alkanes) is 18. The summed E-state index contributed by atoms with van der Waals surface area (Å²) in [6.45, 7) is 6.31. The first-order valence-electron chi connectivity index (χ1n) is 22.6. The molecule has 6 unspecified atom stereocenters. The fourth-order valence-corrected chi connectivity index (χ4v) is 9.60. The zero-order valence-corrected chi connectivity index (χ0v) is 34.6. The lowest BCUT2D eigenvalue weighted by Crippen LogP contribution is -2.60. The predicted octanol–water partition coefficient (Wildman–Crippen LogP) is 7.07. The van der Waals surface area contributed by atoms with Gasteiger partial charge in [0, 0.05) is 6.42 Å². The molecule has 11 atom stereocenters. The number of rotatable bonds is 31. The number of hydrogen-bond donors (Lipinski definition) is 7. The van der Waals surface area contributed by atoms with Crippen LogP contribution in [0.4, 0.5) is 0 Å². The minimum absolute atomic E-state index is 0.252. The lowest BCUT2D eigenvalue weighted by atomic mass is 9.45. The normalized spacial score (nSPS) is 29.4. The first kappa shape index (κ1) is 47.5. The number of ether oxygens (including phenoxy) is 2. The molecule has 3 saturated carbocycles. The lowest BCUT2D eigenvalue weighted by molar-refractivity contribution is -0.303. The third kappa shape index (κ3) is 15.8. The quantitative estimate of drug-likeness (QED) is 0.0365. The van der Waals surface area contributed by atoms with Gasteiger partial charge < -0.3 is 45.4 Å². The van der Waals surface area contributed by atoms with Gasteiger partial charge in [-0.15, -0.1) is 0 Å². The van der Waals surface area contributed by atoms with Gasteiger partial charge in [-0.05, 0) is 55.3 Å². The Kier molecular flexibility index (Phi) is 23.1. The molecule has 10 nitrogen and oxygen atoms in total. The van der Waals surface area contributed by atoms with E-state index in [0.29, 0.717) is 11.8 Å². The number of aliphatic hydroxyl groups excluding tert-OH is 6. The molecule has 0 aromatic rings. The summed E-state index contributed by atoms with van der Waals surface area (Å²) in [5.41, 5.74) is 0.579. The summed E-state index contributed by atoms with van der Waals surface area (Å²) < 4.78 is 11.2. The number of carbonyl (C=O) groups is 1. The molecule has 4 fully saturated rings. The van der Waals surface area contributed by atoms with Crippen molar-refractivity contribution in [3.8, 4) is 0 Å². The summed E-state index contributed by atoms with van der Waals surface area (Å²) in [6, 6.07) is -0.984. The zero-order chi connectivity index (χ0) is 39.3. The molecule has 318 valence electrons. The van der Waals surface area contributed by atoms with Crippen LogP contribution >= 0.6 is 0 Å². The van der Waals surface area contributed by atoms with Crippen LogP contribution in [0.15, 0.2) is 0 Å². The van der Waals surface area contributed by atoms with E-state index in [2.05, 4.69) is 26.1 Å². The Hall–Kier alpha value is -0.850. The molecule has 2 bridgehead atoms. The molecular weight excluding hydrogens is 686 g/mol. The number of fused-ring (bicyclic) bond motifs is 2. The lowest BCUT2D eigenvalue weighted by Gasteiger charge is -2.60. The van der Waals surface area contributed by atoms with Gasteiger partial charge in [0.1, 0.15) is 30.5 Å². The third-order valence-corrected chi connectivity index (χ3v) is 13.5. The second-order valence-corrected chi connectivity index (χ2v) is 18.0. The maximum absolute atomic E-state index is 13.0. The second kappa shape index (κ2) is 26.2. The van der Waals surface area contributed by atoms with E-state index in [1.54, 1.807) is 0 Å². The molecule has 0 spiro atoms. The van der Waals surface area contributed by atoms with Crippen LogP contribution in [0.2, 0.25) is 0 Å². The van der Waals surface area contributed by atoms with Crippen molar-refractivity contribution >= 4 is 5.91 Å². The van der Waals surface area contributed by atoms with Crippen LogP contribution in [0.3, 0.4) is 0 Å². The van der Waals surface area contributed by atoms with E-state index < -0.39 is 55.6 Å². The summed E-state index contributed by atoms with van der Waals surface area (Å²) in [6.07, 6.45) is 20.2. The van der Waals surface area contributed by atoms with Crippen LogP contribution in [0.5, 0.6) is 0 Å². The number of amides is 1. The van der Waals surface area contributed by atoms with E-state index >= 15 is 0 Å². The van der Waals surface area contributed by atoms with E-state index in [9.17, 15) is 35.4 Å². The second-order valence-electron chi connectivity index (χ2n) is 18.0. The highest BCUT2D eigenvalue weighted by atomic mass is 16.7. The molecule has 1 saturated heterocycles. The van der Waals surface area contributed by atoms with Gasteiger partial charge in [-0.3, -0.25) is 4.79 Å². The molecular formula is C44H83NO9. The molecule has 1 amide bonds. The van der Waals surface area contributed by atoms with Crippen LogP contribution in [-0.2, 0) is 14.3 Å². The molecule has 7 N–H and O–H groups in total. The molecule has 54 heavy (non-hydrogen) atoms. The van der Waals surface area contributed by atoms with Crippen molar-refractivity contribution in [2.45, 2.75) is 237 Å². The van der Waals surface area contributed by atoms with Gasteiger partial charge in [-0.1, -0.05) is 149 Å². The fraction of sp³-hybridized carbons (Fsp3) is 0.977. The monoisotopic (exact) mass is 770 g/mol. The molecule has 0 aromatic heterocycles. The SMILES string of the molecule is CCCCCCCCCCCCCC[C@@H](O)[C@@H](O)[C@H](COC1OC(CO)C(O)C(O)C1O)NC(=O)CCCCCCCCCCC1CC[C@H]2C[C@@H]1C2(C)C. The first-order chi connectivity index (χ1) is 26.0. The highest BCUT2D eigenvalue weighted by Crippen LogP contribution is 2.62. The fourth-order valence-electron chi connectivity index (χ4n) is 9.60. The van der Waals surface area contributed by atoms with E-state index in [0.717, 1.165) is 56.3 Å². The van der Waals surface area contributed by atoms with E-state index in [-0.39, 0.29) is 18.9 Å². The molecule has 10 heteroatoms. The van der Waals surface area contributed by atoms with Crippen molar-refractivity contribution in [1.82, 2.24) is 5.32 Å². The maximum Gasteiger partial charge on any atom is 0.220 e. The highest BCUT2D eigenvalue weighted by Gasteiger charge is 2.53. The van der Waals surface area contributed by atoms with Gasteiger partial charge in [0.2, 0.25) is 5.91 Å². The topological polar surface area (TPSA) is 169 Å². The minimum Gasteiger partial charge on any atom is -0.394 e. The maximum atomic E-state index is 13.0. The Morgan fingerprint density at radius 2 is 1.31 bits per heavy atom. The molecule has 1 aliphatic heterocycles. The average molecular weight is 770 g/mol. The molecule has 0 aromatic carbocycles. The predicted molar refractivity (Wildman–Crippen MR) is 214 cm³/mol. The van der Waals surface area contributed by atoms with Gasteiger partial charge in [-0.25, -0.2) is 0 Å². The summed E-state index contributed by atoms with van der Waals surface area (Å²) in [4.78, 5) is 13.0. The Morgan fingerprint density at radius 3 is 1.87 bits per heavy atom. The van der Waals surface area contributed by atoms with Gasteiger partial charge >= 0.3 is 0 Å². The number of nitrogens with one attached hydrogen (secondary N) is 1. The van der Waals surface area contributed by atoms with Crippen LogP contribution < -0.4 is 5.32 Å². The first-order valence-corrected chi connectivity index (χ1v) is 22.6. The van der Waals surface area contributed by atoms with Crippen LogP contribution in [-0.4, -0.2) is 98.7 Å². The van der Waals surface area contributed by atoms with E-state index in [1.807, 2.05) is 0 Å². The largest absolute Gasteiger partial charge is 0.394 e. The van der Waals surface area contributed by atoms with Gasteiger partial charge in [0.25, 0.3) is 0 Å². The van der Waals surface area contributed by atoms with Gasteiger partial charge in [0.05, 0.1) is 25.4 Å². The Balaban J connectivity index is 1.32. The Labute approximate surface area is 328 Å². The summed E-state index contributed by atoms with van der Waals surface area (Å²) in [7, 11) is 0. The average Bonchev–Trinajstić information content (AvgIpc) is 3.16. The van der Waals surface area contributed by atoms with Crippen molar-refractivity contribution in [3.05, 3.63) is 0 Å². The zero-order valence-electron chi connectivity index (χ0n) is 34.6. The molecule has 0 radical (unpaired) electrons. The molecule has 4 aliphatic rings. The highest BCUT2D eigenvalue weighted by molar-refractivity contribution is 5.76. The summed E-state index contributed by atoms with van der Waals surface area (Å²) in [5.74, 6) is 2.62. The van der Waals surface area contributed by atoms with E-state index in [4.69, 9.17) is 9.47 Å². The van der Waals surface area contributed by atoms with Crippen LogP contribution in [0.25, 0.3) is 0 Å². The Morgan fingerprint density at radius 1 is 0.759 bits per heavy atom. The van der Waals surface area contributed by atoms with Crippen molar-refractivity contribution in [2.75, 3.05) is 13.2 Å². The number of carbonyl (C=O) groups excluding carboxylic acids is 1. The molecule has 4 rings (SSSR count). The van der Waals surface area contributed by atoms with Crippen molar-refractivity contribution < 1.29 is 44.9 Å². The van der Waals surface area contributed by atoms with Crippen molar-refractivity contribution in [2.24, 2.45) is 23.2 Å².